The molecule has 20 heavy (non-hydrogen) atoms. The van der Waals surface area contributed by atoms with Gasteiger partial charge in [0.15, 0.2) is 0 Å². The molecule has 0 amide bonds. The van der Waals surface area contributed by atoms with E-state index in [0.717, 1.165) is 16.7 Å². The lowest BCUT2D eigenvalue weighted by Gasteiger charge is -2.04. The molecule has 0 fully saturated rings. The van der Waals surface area contributed by atoms with Crippen LogP contribution in [-0.4, -0.2) is 0 Å². The molecule has 2 aromatic carbocycles. The van der Waals surface area contributed by atoms with Gasteiger partial charge in [-0.25, -0.2) is 0 Å². The van der Waals surface area contributed by atoms with Crippen molar-refractivity contribution in [2.45, 2.75) is 6.54 Å². The van der Waals surface area contributed by atoms with Gasteiger partial charge < -0.3 is 5.32 Å². The van der Waals surface area contributed by atoms with Gasteiger partial charge in [0.25, 0.3) is 0 Å². The van der Waals surface area contributed by atoms with Crippen LogP contribution in [0.1, 0.15) is 4.88 Å². The number of halogens is 1. The van der Waals surface area contributed by atoms with Crippen LogP contribution >= 0.6 is 27.3 Å². The quantitative estimate of drug-likeness (QED) is 0.632. The lowest BCUT2D eigenvalue weighted by molar-refractivity contribution is 1.19. The summed E-state index contributed by atoms with van der Waals surface area (Å²) in [7, 11) is 0. The van der Waals surface area contributed by atoms with Crippen molar-refractivity contribution >= 4 is 33.0 Å². The van der Waals surface area contributed by atoms with E-state index in [9.17, 15) is 0 Å². The fourth-order valence-electron chi connectivity index (χ4n) is 1.99. The van der Waals surface area contributed by atoms with E-state index in [4.69, 9.17) is 0 Å². The third-order valence-corrected chi connectivity index (χ3v) is 4.69. The van der Waals surface area contributed by atoms with Crippen molar-refractivity contribution in [1.29, 1.82) is 0 Å². The molecule has 0 spiro atoms. The molecular weight excluding hydrogens is 330 g/mol. The van der Waals surface area contributed by atoms with Crippen molar-refractivity contribution in [2.75, 3.05) is 5.32 Å². The molecule has 0 aliphatic heterocycles. The van der Waals surface area contributed by atoms with Gasteiger partial charge in [0, 0.05) is 26.5 Å². The van der Waals surface area contributed by atoms with Crippen molar-refractivity contribution in [3.8, 4) is 10.4 Å². The minimum atomic E-state index is 0.860. The highest BCUT2D eigenvalue weighted by Crippen LogP contribution is 2.28. The lowest BCUT2D eigenvalue weighted by Crippen LogP contribution is -1.96. The zero-order chi connectivity index (χ0) is 13.8. The summed E-state index contributed by atoms with van der Waals surface area (Å²) >= 11 is 5.28. The molecule has 0 saturated heterocycles. The Kier molecular flexibility index (Phi) is 4.19. The topological polar surface area (TPSA) is 12.0 Å². The molecule has 1 heterocycles. The number of anilines is 1. The summed E-state index contributed by atoms with van der Waals surface area (Å²) in [6.45, 7) is 0.860. The Balaban J connectivity index is 1.67. The average Bonchev–Trinajstić information content (AvgIpc) is 2.97. The first-order chi connectivity index (χ1) is 9.81. The second-order valence-electron chi connectivity index (χ2n) is 4.49. The molecule has 0 bridgehead atoms. The maximum Gasteiger partial charge on any atom is 0.0494 e. The minimum absolute atomic E-state index is 0.860. The largest absolute Gasteiger partial charge is 0.380 e. The number of nitrogens with one attached hydrogen (secondary N) is 1. The standard InChI is InChI=1S/C17H14BrNS/c18-14-6-8-15(9-7-14)19-12-16-10-11-17(20-16)13-4-2-1-3-5-13/h1-11,19H,12H2. The molecule has 1 N–H and O–H groups in total. The van der Waals surface area contributed by atoms with Gasteiger partial charge in [-0.2, -0.15) is 0 Å². The zero-order valence-electron chi connectivity index (χ0n) is 10.8. The molecule has 1 nitrogen and oxygen atoms in total. The smallest absolute Gasteiger partial charge is 0.0494 e. The molecule has 100 valence electrons. The second-order valence-corrected chi connectivity index (χ2v) is 6.58. The highest BCUT2D eigenvalue weighted by molar-refractivity contribution is 9.10. The van der Waals surface area contributed by atoms with Crippen molar-refractivity contribution in [2.24, 2.45) is 0 Å². The van der Waals surface area contributed by atoms with Gasteiger partial charge >= 0.3 is 0 Å². The van der Waals surface area contributed by atoms with Crippen LogP contribution in [0.15, 0.2) is 71.2 Å². The van der Waals surface area contributed by atoms with Gasteiger partial charge in [-0.15, -0.1) is 11.3 Å². The summed E-state index contributed by atoms with van der Waals surface area (Å²) in [5.41, 5.74) is 2.43. The number of hydrogen-bond acceptors (Lipinski definition) is 2. The SMILES string of the molecule is Brc1ccc(NCc2ccc(-c3ccccc3)s2)cc1. The van der Waals surface area contributed by atoms with Crippen LogP contribution in [0.5, 0.6) is 0 Å². The number of benzene rings is 2. The van der Waals surface area contributed by atoms with E-state index < -0.39 is 0 Å². The first kappa shape index (κ1) is 13.4. The van der Waals surface area contributed by atoms with E-state index in [1.807, 2.05) is 29.5 Å². The summed E-state index contributed by atoms with van der Waals surface area (Å²) < 4.78 is 1.10. The summed E-state index contributed by atoms with van der Waals surface area (Å²) in [4.78, 5) is 2.66. The minimum Gasteiger partial charge on any atom is -0.380 e. The van der Waals surface area contributed by atoms with Crippen LogP contribution in [0.2, 0.25) is 0 Å². The fourth-order valence-corrected chi connectivity index (χ4v) is 3.20. The van der Waals surface area contributed by atoms with Crippen LogP contribution in [0.4, 0.5) is 5.69 Å². The van der Waals surface area contributed by atoms with Gasteiger partial charge in [-0.05, 0) is 42.0 Å². The third-order valence-electron chi connectivity index (χ3n) is 3.03. The van der Waals surface area contributed by atoms with E-state index in [-0.39, 0.29) is 0 Å². The van der Waals surface area contributed by atoms with E-state index >= 15 is 0 Å². The fraction of sp³-hybridized carbons (Fsp3) is 0.0588. The maximum absolute atomic E-state index is 3.44. The number of rotatable bonds is 4. The van der Waals surface area contributed by atoms with Gasteiger partial charge in [0.05, 0.1) is 0 Å². The predicted molar refractivity (Wildman–Crippen MR) is 91.2 cm³/mol. The Bertz CT molecular complexity index is 674. The molecule has 3 rings (SSSR count). The van der Waals surface area contributed by atoms with Crippen LogP contribution in [-0.2, 0) is 6.54 Å². The highest BCUT2D eigenvalue weighted by atomic mass is 79.9. The summed E-state index contributed by atoms with van der Waals surface area (Å²) in [6.07, 6.45) is 0. The van der Waals surface area contributed by atoms with Gasteiger partial charge in [-0.3, -0.25) is 0 Å². The monoisotopic (exact) mass is 343 g/mol. The van der Waals surface area contributed by atoms with E-state index in [0.29, 0.717) is 0 Å². The maximum atomic E-state index is 3.44. The Morgan fingerprint density at radius 2 is 1.60 bits per heavy atom. The predicted octanol–water partition coefficient (Wildman–Crippen LogP) is 5.79. The van der Waals surface area contributed by atoms with E-state index in [2.05, 4.69) is 69.8 Å². The van der Waals surface area contributed by atoms with Crippen molar-refractivity contribution < 1.29 is 0 Å². The van der Waals surface area contributed by atoms with Gasteiger partial charge in [0.1, 0.15) is 0 Å². The normalized spacial score (nSPS) is 10.4. The van der Waals surface area contributed by atoms with E-state index in [1.54, 1.807) is 0 Å². The molecule has 0 saturated carbocycles. The summed E-state index contributed by atoms with van der Waals surface area (Å²) in [5, 5.41) is 3.44. The van der Waals surface area contributed by atoms with Crippen LogP contribution in [0.25, 0.3) is 10.4 Å². The zero-order valence-corrected chi connectivity index (χ0v) is 13.2. The molecule has 0 radical (unpaired) electrons. The van der Waals surface area contributed by atoms with Crippen molar-refractivity contribution in [1.82, 2.24) is 0 Å². The van der Waals surface area contributed by atoms with Gasteiger partial charge in [0.2, 0.25) is 0 Å². The Morgan fingerprint density at radius 1 is 0.850 bits per heavy atom. The van der Waals surface area contributed by atoms with Gasteiger partial charge in [-0.1, -0.05) is 46.3 Å². The van der Waals surface area contributed by atoms with Crippen LogP contribution < -0.4 is 5.32 Å². The summed E-state index contributed by atoms with van der Waals surface area (Å²) in [6, 6.07) is 23.1. The third kappa shape index (κ3) is 3.30. The molecule has 0 atom stereocenters. The van der Waals surface area contributed by atoms with Crippen molar-refractivity contribution in [3.63, 3.8) is 0 Å². The molecule has 3 aromatic rings. The number of hydrogen-bond donors (Lipinski definition) is 1. The van der Waals surface area contributed by atoms with Crippen molar-refractivity contribution in [3.05, 3.63) is 76.1 Å². The Labute approximate surface area is 131 Å². The summed E-state index contributed by atoms with van der Waals surface area (Å²) in [5.74, 6) is 0. The molecule has 0 aliphatic carbocycles. The molecule has 0 aliphatic rings. The molecule has 0 unspecified atom stereocenters. The number of thiophene rings is 1. The average molecular weight is 344 g/mol. The highest BCUT2D eigenvalue weighted by Gasteiger charge is 2.02. The first-order valence-corrected chi connectivity index (χ1v) is 8.06. The second kappa shape index (κ2) is 6.25. The molecule has 1 aromatic heterocycles. The Hall–Kier alpha value is -1.58. The molecule has 3 heteroatoms. The van der Waals surface area contributed by atoms with Crippen LogP contribution in [0, 0.1) is 0 Å². The van der Waals surface area contributed by atoms with Crippen LogP contribution in [0.3, 0.4) is 0 Å². The Morgan fingerprint density at radius 3 is 2.35 bits per heavy atom. The first-order valence-electron chi connectivity index (χ1n) is 6.45. The lowest BCUT2D eigenvalue weighted by atomic mass is 10.2. The molecular formula is C17H14BrNS. The van der Waals surface area contributed by atoms with E-state index in [1.165, 1.54) is 15.3 Å².